The molecule has 0 aromatic heterocycles. The van der Waals surface area contributed by atoms with E-state index in [4.69, 9.17) is 0 Å². The van der Waals surface area contributed by atoms with Crippen LogP contribution in [0.1, 0.15) is 31.2 Å². The van der Waals surface area contributed by atoms with Crippen LogP contribution in [0.4, 0.5) is 4.39 Å². The number of phenols is 1. The molecule has 1 aromatic rings. The van der Waals surface area contributed by atoms with E-state index >= 15 is 0 Å². The zero-order chi connectivity index (χ0) is 11.2. The van der Waals surface area contributed by atoms with Gasteiger partial charge in [0.1, 0.15) is 11.4 Å². The second kappa shape index (κ2) is 3.45. The molecular formula is C13H16FNO. The summed E-state index contributed by atoms with van der Waals surface area (Å²) in [6, 6.07) is 7.37. The summed E-state index contributed by atoms with van der Waals surface area (Å²) in [6.07, 6.45) is 3.09. The molecular weight excluding hydrogens is 205 g/mol. The molecule has 16 heavy (non-hydrogen) atoms. The molecule has 1 aromatic carbocycles. The third kappa shape index (κ3) is 1.50. The molecule has 2 saturated heterocycles. The summed E-state index contributed by atoms with van der Waals surface area (Å²) in [5.41, 5.74) is -0.879. The van der Waals surface area contributed by atoms with Crippen molar-refractivity contribution in [2.75, 3.05) is 0 Å². The van der Waals surface area contributed by atoms with Crippen LogP contribution in [0.2, 0.25) is 0 Å². The lowest BCUT2D eigenvalue weighted by Gasteiger charge is -2.35. The number of piperidine rings is 1. The van der Waals surface area contributed by atoms with Crippen LogP contribution in [0.25, 0.3) is 0 Å². The lowest BCUT2D eigenvalue weighted by molar-refractivity contribution is 0.0845. The van der Waals surface area contributed by atoms with E-state index in [0.29, 0.717) is 18.4 Å². The molecule has 0 amide bonds. The van der Waals surface area contributed by atoms with Gasteiger partial charge in [0.15, 0.2) is 0 Å². The molecule has 0 radical (unpaired) electrons. The highest BCUT2D eigenvalue weighted by Gasteiger charge is 2.46. The molecule has 86 valence electrons. The van der Waals surface area contributed by atoms with Crippen molar-refractivity contribution in [3.8, 4) is 5.75 Å². The second-order valence-electron chi connectivity index (χ2n) is 5.03. The van der Waals surface area contributed by atoms with Crippen LogP contribution < -0.4 is 5.32 Å². The van der Waals surface area contributed by atoms with E-state index in [-0.39, 0.29) is 17.8 Å². The number of fused-ring (bicyclic) bond motifs is 2. The van der Waals surface area contributed by atoms with E-state index < -0.39 is 5.67 Å². The van der Waals surface area contributed by atoms with E-state index in [2.05, 4.69) is 5.32 Å². The standard InChI is InChI=1S/C13H16FNO/c14-13(11-3-1-2-4-12(11)16)7-9-5-6-10(8-13)15-9/h1-4,9-10,15-16H,5-8H2. The zero-order valence-corrected chi connectivity index (χ0v) is 9.12. The molecule has 2 aliphatic heterocycles. The van der Waals surface area contributed by atoms with Gasteiger partial charge in [0.25, 0.3) is 0 Å². The fourth-order valence-corrected chi connectivity index (χ4v) is 3.16. The van der Waals surface area contributed by atoms with Gasteiger partial charge in [-0.2, -0.15) is 0 Å². The fourth-order valence-electron chi connectivity index (χ4n) is 3.16. The van der Waals surface area contributed by atoms with Crippen molar-refractivity contribution in [2.24, 2.45) is 0 Å². The second-order valence-corrected chi connectivity index (χ2v) is 5.03. The lowest BCUT2D eigenvalue weighted by Crippen LogP contribution is -2.44. The number of hydrogen-bond donors (Lipinski definition) is 2. The van der Waals surface area contributed by atoms with E-state index in [1.807, 2.05) is 0 Å². The average Bonchev–Trinajstić information content (AvgIpc) is 2.59. The highest BCUT2D eigenvalue weighted by atomic mass is 19.1. The number of hydrogen-bond acceptors (Lipinski definition) is 2. The summed E-state index contributed by atoms with van der Waals surface area (Å²) in [5.74, 6) is 0.0892. The van der Waals surface area contributed by atoms with Crippen LogP contribution in [0, 0.1) is 0 Å². The summed E-state index contributed by atoms with van der Waals surface area (Å²) in [6.45, 7) is 0. The van der Waals surface area contributed by atoms with Crippen molar-refractivity contribution in [3.63, 3.8) is 0 Å². The molecule has 0 aliphatic carbocycles. The van der Waals surface area contributed by atoms with E-state index in [1.165, 1.54) is 0 Å². The first-order chi connectivity index (χ1) is 7.67. The Hall–Kier alpha value is -1.09. The van der Waals surface area contributed by atoms with Crippen molar-refractivity contribution >= 4 is 0 Å². The monoisotopic (exact) mass is 221 g/mol. The van der Waals surface area contributed by atoms with Gasteiger partial charge in [-0.15, -0.1) is 0 Å². The summed E-state index contributed by atoms with van der Waals surface area (Å²) in [7, 11) is 0. The molecule has 0 saturated carbocycles. The molecule has 2 aliphatic rings. The molecule has 2 atom stereocenters. The predicted octanol–water partition coefficient (Wildman–Crippen LogP) is 2.47. The van der Waals surface area contributed by atoms with E-state index in [9.17, 15) is 9.50 Å². The SMILES string of the molecule is Oc1ccccc1C1(F)CC2CCC(C1)N2. The maximum atomic E-state index is 14.9. The van der Waals surface area contributed by atoms with Gasteiger partial charge in [-0.3, -0.25) is 0 Å². The summed E-state index contributed by atoms with van der Waals surface area (Å²) in [5, 5.41) is 13.2. The van der Waals surface area contributed by atoms with Crippen LogP contribution in [-0.4, -0.2) is 17.2 Å². The van der Waals surface area contributed by atoms with Crippen molar-refractivity contribution < 1.29 is 9.50 Å². The minimum Gasteiger partial charge on any atom is -0.508 e. The third-order valence-corrected chi connectivity index (χ3v) is 3.86. The Morgan fingerprint density at radius 1 is 1.19 bits per heavy atom. The molecule has 3 heteroatoms. The van der Waals surface area contributed by atoms with Crippen molar-refractivity contribution in [3.05, 3.63) is 29.8 Å². The number of nitrogens with one attached hydrogen (secondary N) is 1. The third-order valence-electron chi connectivity index (χ3n) is 3.86. The van der Waals surface area contributed by atoms with Crippen LogP contribution in [0.5, 0.6) is 5.75 Å². The van der Waals surface area contributed by atoms with Gasteiger partial charge < -0.3 is 10.4 Å². The van der Waals surface area contributed by atoms with E-state index in [1.54, 1.807) is 24.3 Å². The quantitative estimate of drug-likeness (QED) is 0.763. The Bertz CT molecular complexity index is 395. The normalized spacial score (nSPS) is 37.6. The maximum Gasteiger partial charge on any atom is 0.142 e. The molecule has 2 N–H and O–H groups in total. The van der Waals surface area contributed by atoms with Crippen LogP contribution in [0.3, 0.4) is 0 Å². The molecule has 2 fully saturated rings. The first-order valence-corrected chi connectivity index (χ1v) is 5.91. The van der Waals surface area contributed by atoms with E-state index in [0.717, 1.165) is 12.8 Å². The Kier molecular flexibility index (Phi) is 2.18. The van der Waals surface area contributed by atoms with Gasteiger partial charge >= 0.3 is 0 Å². The molecule has 2 nitrogen and oxygen atoms in total. The fraction of sp³-hybridized carbons (Fsp3) is 0.538. The Balaban J connectivity index is 1.96. The predicted molar refractivity (Wildman–Crippen MR) is 60.1 cm³/mol. The smallest absolute Gasteiger partial charge is 0.142 e. The van der Waals surface area contributed by atoms with Crippen molar-refractivity contribution in [1.82, 2.24) is 5.32 Å². The Labute approximate surface area is 94.5 Å². The van der Waals surface area contributed by atoms with Gasteiger partial charge in [0, 0.05) is 30.5 Å². The molecule has 3 rings (SSSR count). The highest BCUT2D eigenvalue weighted by molar-refractivity contribution is 5.38. The molecule has 2 heterocycles. The van der Waals surface area contributed by atoms with Crippen LogP contribution in [0.15, 0.2) is 24.3 Å². The minimum atomic E-state index is -1.34. The van der Waals surface area contributed by atoms with Gasteiger partial charge in [0.05, 0.1) is 0 Å². The number of aromatic hydroxyl groups is 1. The first kappa shape index (κ1) is 10.1. The largest absolute Gasteiger partial charge is 0.508 e. The molecule has 2 bridgehead atoms. The summed E-state index contributed by atoms with van der Waals surface area (Å²) in [4.78, 5) is 0. The first-order valence-electron chi connectivity index (χ1n) is 5.91. The molecule has 2 unspecified atom stereocenters. The Morgan fingerprint density at radius 2 is 1.81 bits per heavy atom. The van der Waals surface area contributed by atoms with Crippen molar-refractivity contribution in [2.45, 2.75) is 43.4 Å². The van der Waals surface area contributed by atoms with Crippen molar-refractivity contribution in [1.29, 1.82) is 0 Å². The molecule has 0 spiro atoms. The number of rotatable bonds is 1. The van der Waals surface area contributed by atoms with Crippen LogP contribution >= 0.6 is 0 Å². The van der Waals surface area contributed by atoms with Gasteiger partial charge in [-0.1, -0.05) is 18.2 Å². The van der Waals surface area contributed by atoms with Gasteiger partial charge in [-0.05, 0) is 18.9 Å². The Morgan fingerprint density at radius 3 is 2.44 bits per heavy atom. The van der Waals surface area contributed by atoms with Crippen LogP contribution in [-0.2, 0) is 5.67 Å². The number of benzene rings is 1. The van der Waals surface area contributed by atoms with Gasteiger partial charge in [0.2, 0.25) is 0 Å². The lowest BCUT2D eigenvalue weighted by atomic mass is 9.83. The minimum absolute atomic E-state index is 0.0892. The summed E-state index contributed by atoms with van der Waals surface area (Å²) >= 11 is 0. The number of halogens is 1. The summed E-state index contributed by atoms with van der Waals surface area (Å²) < 4.78 is 14.9. The number of para-hydroxylation sites is 1. The zero-order valence-electron chi connectivity index (χ0n) is 9.12. The number of alkyl halides is 1. The average molecular weight is 221 g/mol. The number of phenolic OH excluding ortho intramolecular Hbond substituents is 1. The topological polar surface area (TPSA) is 32.3 Å². The van der Waals surface area contributed by atoms with Gasteiger partial charge in [-0.25, -0.2) is 4.39 Å². The highest BCUT2D eigenvalue weighted by Crippen LogP contribution is 2.46. The maximum absolute atomic E-state index is 14.9.